The number of aryl methyl sites for hydroxylation is 2. The summed E-state index contributed by atoms with van der Waals surface area (Å²) in [5.41, 5.74) is 2.35. The molecule has 0 saturated heterocycles. The number of nitrogens with one attached hydrogen (secondary N) is 1. The minimum Gasteiger partial charge on any atom is -0.507 e. The SMILES string of the molecule is Cc1c(C(=O)Nc2ccc(C(=O)O)c(O)c2)oc2c(C)cccc12. The Labute approximate surface area is 137 Å². The van der Waals surface area contributed by atoms with Crippen LogP contribution in [0.5, 0.6) is 5.75 Å². The molecule has 0 unspecified atom stereocenters. The molecule has 1 amide bonds. The van der Waals surface area contributed by atoms with Gasteiger partial charge in [-0.3, -0.25) is 4.79 Å². The highest BCUT2D eigenvalue weighted by Crippen LogP contribution is 2.29. The van der Waals surface area contributed by atoms with Crippen molar-refractivity contribution in [3.63, 3.8) is 0 Å². The molecule has 0 aliphatic heterocycles. The molecule has 0 atom stereocenters. The van der Waals surface area contributed by atoms with Crippen LogP contribution in [0.1, 0.15) is 32.0 Å². The fraction of sp³-hybridized carbons (Fsp3) is 0.111. The molecule has 0 bridgehead atoms. The highest BCUT2D eigenvalue weighted by molar-refractivity contribution is 6.07. The number of anilines is 1. The van der Waals surface area contributed by atoms with Crippen LogP contribution >= 0.6 is 0 Å². The van der Waals surface area contributed by atoms with Gasteiger partial charge in [-0.05, 0) is 31.5 Å². The maximum Gasteiger partial charge on any atom is 0.339 e. The second-order valence-corrected chi connectivity index (χ2v) is 5.50. The summed E-state index contributed by atoms with van der Waals surface area (Å²) in [7, 11) is 0. The minimum absolute atomic E-state index is 0.182. The van der Waals surface area contributed by atoms with Crippen molar-refractivity contribution in [2.75, 3.05) is 5.32 Å². The number of amides is 1. The first-order valence-corrected chi connectivity index (χ1v) is 7.25. The third-order valence-electron chi connectivity index (χ3n) is 3.85. The Morgan fingerprint density at radius 3 is 2.50 bits per heavy atom. The van der Waals surface area contributed by atoms with E-state index in [0.29, 0.717) is 5.58 Å². The van der Waals surface area contributed by atoms with Crippen LogP contribution in [-0.2, 0) is 0 Å². The van der Waals surface area contributed by atoms with Gasteiger partial charge in [-0.1, -0.05) is 18.2 Å². The molecule has 1 aromatic heterocycles. The second-order valence-electron chi connectivity index (χ2n) is 5.50. The number of hydrogen-bond donors (Lipinski definition) is 3. The molecule has 3 aromatic rings. The number of fused-ring (bicyclic) bond motifs is 1. The molecule has 3 N–H and O–H groups in total. The van der Waals surface area contributed by atoms with E-state index in [4.69, 9.17) is 9.52 Å². The van der Waals surface area contributed by atoms with Crippen LogP contribution in [0.25, 0.3) is 11.0 Å². The normalized spacial score (nSPS) is 10.8. The lowest BCUT2D eigenvalue weighted by atomic mass is 10.1. The van der Waals surface area contributed by atoms with Crippen LogP contribution in [0.15, 0.2) is 40.8 Å². The molecule has 0 saturated carbocycles. The zero-order chi connectivity index (χ0) is 17.4. The predicted molar refractivity (Wildman–Crippen MR) is 88.7 cm³/mol. The molecule has 6 heteroatoms. The molecule has 0 aliphatic carbocycles. The highest BCUT2D eigenvalue weighted by Gasteiger charge is 2.19. The first kappa shape index (κ1) is 15.6. The number of carboxylic acid groups (broad SMARTS) is 1. The molecular formula is C18H15NO5. The number of aromatic carboxylic acids is 1. The first-order valence-electron chi connectivity index (χ1n) is 7.25. The third kappa shape index (κ3) is 2.58. The van der Waals surface area contributed by atoms with E-state index < -0.39 is 17.6 Å². The van der Waals surface area contributed by atoms with Crippen LogP contribution < -0.4 is 5.32 Å². The van der Waals surface area contributed by atoms with E-state index in [-0.39, 0.29) is 17.0 Å². The van der Waals surface area contributed by atoms with Crippen molar-refractivity contribution in [3.8, 4) is 5.75 Å². The number of para-hydroxylation sites is 1. The van der Waals surface area contributed by atoms with Crippen molar-refractivity contribution < 1.29 is 24.2 Å². The fourth-order valence-electron chi connectivity index (χ4n) is 2.58. The average molecular weight is 325 g/mol. The van der Waals surface area contributed by atoms with Crippen molar-refractivity contribution in [2.45, 2.75) is 13.8 Å². The Morgan fingerprint density at radius 2 is 1.88 bits per heavy atom. The molecule has 0 radical (unpaired) electrons. The Bertz CT molecular complexity index is 971. The second kappa shape index (κ2) is 5.73. The molecule has 0 aliphatic rings. The summed E-state index contributed by atoms with van der Waals surface area (Å²) in [5, 5.41) is 22.1. The lowest BCUT2D eigenvalue weighted by molar-refractivity contribution is 0.0693. The molecule has 0 fully saturated rings. The van der Waals surface area contributed by atoms with E-state index in [1.165, 1.54) is 18.2 Å². The maximum absolute atomic E-state index is 12.4. The van der Waals surface area contributed by atoms with E-state index in [1.54, 1.807) is 6.92 Å². The summed E-state index contributed by atoms with van der Waals surface area (Å²) in [6.07, 6.45) is 0. The summed E-state index contributed by atoms with van der Waals surface area (Å²) < 4.78 is 5.69. The number of aromatic hydroxyl groups is 1. The van der Waals surface area contributed by atoms with Crippen LogP contribution in [-0.4, -0.2) is 22.1 Å². The summed E-state index contributed by atoms with van der Waals surface area (Å²) in [5.74, 6) is -1.95. The number of furan rings is 1. The van der Waals surface area contributed by atoms with Gasteiger partial charge in [0.25, 0.3) is 5.91 Å². The van der Waals surface area contributed by atoms with Gasteiger partial charge in [0.15, 0.2) is 5.76 Å². The van der Waals surface area contributed by atoms with Crippen molar-refractivity contribution in [1.82, 2.24) is 0 Å². The van der Waals surface area contributed by atoms with E-state index in [2.05, 4.69) is 5.32 Å². The number of carboxylic acids is 1. The molecule has 6 nitrogen and oxygen atoms in total. The van der Waals surface area contributed by atoms with Crippen molar-refractivity contribution in [3.05, 3.63) is 58.8 Å². The standard InChI is InChI=1S/C18H15NO5/c1-9-4-3-5-12-10(2)16(24-15(9)12)17(21)19-11-6-7-13(18(22)23)14(20)8-11/h3-8,20H,1-2H3,(H,19,21)(H,22,23). The van der Waals surface area contributed by atoms with E-state index >= 15 is 0 Å². The first-order chi connectivity index (χ1) is 11.4. The number of rotatable bonds is 3. The summed E-state index contributed by atoms with van der Waals surface area (Å²) in [6.45, 7) is 3.70. The number of phenols is 1. The predicted octanol–water partition coefficient (Wildman–Crippen LogP) is 3.71. The molecule has 0 spiro atoms. The van der Waals surface area contributed by atoms with Gasteiger partial charge >= 0.3 is 5.97 Å². The van der Waals surface area contributed by atoms with E-state index in [0.717, 1.165) is 16.5 Å². The lowest BCUT2D eigenvalue weighted by Gasteiger charge is -2.06. The minimum atomic E-state index is -1.24. The number of carbonyl (C=O) groups is 2. The molecular weight excluding hydrogens is 310 g/mol. The van der Waals surface area contributed by atoms with E-state index in [9.17, 15) is 14.7 Å². The van der Waals surface area contributed by atoms with Crippen LogP contribution in [0.3, 0.4) is 0 Å². The van der Waals surface area contributed by atoms with Gasteiger partial charge in [-0.15, -0.1) is 0 Å². The fourth-order valence-corrected chi connectivity index (χ4v) is 2.58. The Kier molecular flexibility index (Phi) is 3.73. The Hall–Kier alpha value is -3.28. The molecule has 2 aromatic carbocycles. The van der Waals surface area contributed by atoms with Crippen LogP contribution in [0, 0.1) is 13.8 Å². The van der Waals surface area contributed by atoms with Crippen LogP contribution in [0.2, 0.25) is 0 Å². The van der Waals surface area contributed by atoms with Gasteiger partial charge in [0.1, 0.15) is 16.9 Å². The summed E-state index contributed by atoms with van der Waals surface area (Å²) in [4.78, 5) is 23.3. The van der Waals surface area contributed by atoms with Gasteiger partial charge in [-0.25, -0.2) is 4.79 Å². The number of hydrogen-bond acceptors (Lipinski definition) is 4. The molecule has 3 rings (SSSR count). The quantitative estimate of drug-likeness (QED) is 0.681. The van der Waals surface area contributed by atoms with Gasteiger partial charge in [0, 0.05) is 22.7 Å². The van der Waals surface area contributed by atoms with Crippen molar-refractivity contribution in [2.24, 2.45) is 0 Å². The number of benzene rings is 2. The van der Waals surface area contributed by atoms with Crippen LogP contribution in [0.4, 0.5) is 5.69 Å². The highest BCUT2D eigenvalue weighted by atomic mass is 16.4. The summed E-state index contributed by atoms with van der Waals surface area (Å²) in [6, 6.07) is 9.49. The average Bonchev–Trinajstić information content (AvgIpc) is 2.86. The zero-order valence-corrected chi connectivity index (χ0v) is 13.1. The molecule has 24 heavy (non-hydrogen) atoms. The lowest BCUT2D eigenvalue weighted by Crippen LogP contribution is -2.12. The van der Waals surface area contributed by atoms with Gasteiger partial charge in [-0.2, -0.15) is 0 Å². The largest absolute Gasteiger partial charge is 0.507 e. The molecule has 122 valence electrons. The Morgan fingerprint density at radius 1 is 1.12 bits per heavy atom. The maximum atomic E-state index is 12.4. The van der Waals surface area contributed by atoms with Crippen molar-refractivity contribution in [1.29, 1.82) is 0 Å². The van der Waals surface area contributed by atoms with E-state index in [1.807, 2.05) is 25.1 Å². The zero-order valence-electron chi connectivity index (χ0n) is 13.1. The topological polar surface area (TPSA) is 99.8 Å². The summed E-state index contributed by atoms with van der Waals surface area (Å²) >= 11 is 0. The number of carbonyl (C=O) groups excluding carboxylic acids is 1. The smallest absolute Gasteiger partial charge is 0.339 e. The molecule has 1 heterocycles. The van der Waals surface area contributed by atoms with Gasteiger partial charge in [0.05, 0.1) is 0 Å². The third-order valence-corrected chi connectivity index (χ3v) is 3.85. The van der Waals surface area contributed by atoms with Gasteiger partial charge < -0.3 is 19.9 Å². The van der Waals surface area contributed by atoms with Gasteiger partial charge in [0.2, 0.25) is 0 Å². The monoisotopic (exact) mass is 325 g/mol. The Balaban J connectivity index is 1.93. The van der Waals surface area contributed by atoms with Crippen molar-refractivity contribution >= 4 is 28.5 Å².